The zero-order chi connectivity index (χ0) is 8.55. The van der Waals surface area contributed by atoms with Gasteiger partial charge in [-0.1, -0.05) is 4.49 Å². The predicted molar refractivity (Wildman–Crippen MR) is 43.5 cm³/mol. The molecule has 2 rings (SSSR count). The maximum atomic E-state index is 5.50. The quantitative estimate of drug-likeness (QED) is 0.554. The van der Waals surface area contributed by atoms with E-state index in [1.165, 1.54) is 11.5 Å². The first-order valence-corrected chi connectivity index (χ1v) is 3.86. The Morgan fingerprint density at radius 1 is 1.33 bits per heavy atom. The molecule has 0 aliphatic rings. The molecule has 0 radical (unpaired) electrons. The molecule has 0 atom stereocenters. The first-order chi connectivity index (χ1) is 5.79. The van der Waals surface area contributed by atoms with Gasteiger partial charge in [0.25, 0.3) is 0 Å². The second kappa shape index (κ2) is 2.41. The van der Waals surface area contributed by atoms with Crippen LogP contribution in [0.1, 0.15) is 0 Å². The van der Waals surface area contributed by atoms with Gasteiger partial charge in [0.1, 0.15) is 5.69 Å². The lowest BCUT2D eigenvalue weighted by Gasteiger charge is -1.94. The van der Waals surface area contributed by atoms with Crippen LogP contribution in [0.2, 0.25) is 0 Å². The topological polar surface area (TPSA) is 109 Å². The van der Waals surface area contributed by atoms with Crippen molar-refractivity contribution in [1.82, 2.24) is 24.5 Å². The maximum absolute atomic E-state index is 5.50. The molecule has 8 heteroatoms. The summed E-state index contributed by atoms with van der Waals surface area (Å²) < 4.78 is 4.83. The molecule has 0 amide bonds. The molecule has 0 saturated carbocycles. The Labute approximate surface area is 71.2 Å². The zero-order valence-electron chi connectivity index (χ0n) is 5.88. The number of nitrogens with two attached hydrogens (primary N) is 2. The monoisotopic (exact) mass is 183 g/mol. The molecule has 0 fully saturated rings. The van der Waals surface area contributed by atoms with Crippen LogP contribution in [-0.4, -0.2) is 24.5 Å². The Kier molecular flexibility index (Phi) is 1.40. The molecule has 2 aromatic heterocycles. The molecule has 0 unspecified atom stereocenters. The number of anilines is 1. The van der Waals surface area contributed by atoms with Crippen molar-refractivity contribution in [3.63, 3.8) is 0 Å². The highest BCUT2D eigenvalue weighted by Gasteiger charge is 2.10. The molecule has 2 aromatic rings. The Balaban J connectivity index is 2.55. The molecule has 0 aliphatic heterocycles. The van der Waals surface area contributed by atoms with Crippen molar-refractivity contribution >= 4 is 17.5 Å². The molecular weight excluding hydrogens is 178 g/mol. The highest BCUT2D eigenvalue weighted by atomic mass is 32.1. The summed E-state index contributed by atoms with van der Waals surface area (Å²) >= 11 is 1.21. The Morgan fingerprint density at radius 3 is 2.67 bits per heavy atom. The van der Waals surface area contributed by atoms with E-state index in [9.17, 15) is 0 Å². The molecular formula is C4H5N7S. The van der Waals surface area contributed by atoms with Crippen LogP contribution in [0.5, 0.6) is 0 Å². The zero-order valence-corrected chi connectivity index (χ0v) is 6.69. The van der Waals surface area contributed by atoms with Crippen LogP contribution in [0.4, 0.5) is 5.95 Å². The van der Waals surface area contributed by atoms with Gasteiger partial charge >= 0.3 is 0 Å². The fourth-order valence-electron chi connectivity index (χ4n) is 0.740. The third-order valence-corrected chi connectivity index (χ3v) is 1.82. The number of hydrogen-bond donors (Lipinski definition) is 2. The Hall–Kier alpha value is -1.70. The van der Waals surface area contributed by atoms with Crippen LogP contribution >= 0.6 is 11.5 Å². The van der Waals surface area contributed by atoms with Crippen molar-refractivity contribution in [1.29, 1.82) is 0 Å². The first-order valence-electron chi connectivity index (χ1n) is 3.02. The number of hydrogen-bond acceptors (Lipinski definition) is 7. The molecule has 12 heavy (non-hydrogen) atoms. The normalized spacial score (nSPS) is 10.3. The number of nitrogen functional groups attached to an aromatic ring is 2. The van der Waals surface area contributed by atoms with E-state index in [0.717, 1.165) is 4.68 Å². The van der Waals surface area contributed by atoms with Gasteiger partial charge < -0.3 is 11.6 Å². The molecule has 0 saturated heterocycles. The summed E-state index contributed by atoms with van der Waals surface area (Å²) in [6.07, 6.45) is 0. The summed E-state index contributed by atoms with van der Waals surface area (Å²) in [4.78, 5) is 0. The van der Waals surface area contributed by atoms with E-state index in [1.807, 2.05) is 0 Å². The number of nitrogens with zero attached hydrogens (tertiary/aromatic N) is 5. The van der Waals surface area contributed by atoms with Crippen molar-refractivity contribution < 1.29 is 0 Å². The molecule has 62 valence electrons. The summed E-state index contributed by atoms with van der Waals surface area (Å²) in [5, 5.41) is 12.8. The minimum Gasteiger partial charge on any atom is -0.366 e. The first kappa shape index (κ1) is 6.98. The third kappa shape index (κ3) is 0.889. The van der Waals surface area contributed by atoms with Gasteiger partial charge in [-0.2, -0.15) is 0 Å². The van der Waals surface area contributed by atoms with E-state index in [2.05, 4.69) is 19.8 Å². The van der Waals surface area contributed by atoms with E-state index in [4.69, 9.17) is 11.6 Å². The van der Waals surface area contributed by atoms with E-state index in [-0.39, 0.29) is 5.95 Å². The molecule has 2 heterocycles. The van der Waals surface area contributed by atoms with Crippen molar-refractivity contribution in [2.45, 2.75) is 0 Å². The van der Waals surface area contributed by atoms with Gasteiger partial charge in [0.2, 0.25) is 11.8 Å². The molecule has 0 aliphatic carbocycles. The van der Waals surface area contributed by atoms with Gasteiger partial charge in [0.05, 0.1) is 0 Å². The highest BCUT2D eigenvalue weighted by molar-refractivity contribution is 7.03. The molecule has 0 bridgehead atoms. The predicted octanol–water partition coefficient (Wildman–Crippen LogP) is -0.907. The van der Waals surface area contributed by atoms with Crippen LogP contribution in [0.25, 0.3) is 11.5 Å². The summed E-state index contributed by atoms with van der Waals surface area (Å²) in [5.41, 5.74) is 5.94. The second-order valence-corrected chi connectivity index (χ2v) is 2.65. The van der Waals surface area contributed by atoms with Crippen molar-refractivity contribution in [3.8, 4) is 11.5 Å². The van der Waals surface area contributed by atoms with E-state index in [0.29, 0.717) is 11.5 Å². The minimum atomic E-state index is 0.151. The van der Waals surface area contributed by atoms with Crippen molar-refractivity contribution in [2.24, 2.45) is 0 Å². The number of aromatic nitrogens is 5. The maximum Gasteiger partial charge on any atom is 0.241 e. The summed E-state index contributed by atoms with van der Waals surface area (Å²) in [7, 11) is 0. The largest absolute Gasteiger partial charge is 0.366 e. The summed E-state index contributed by atoms with van der Waals surface area (Å²) in [6, 6.07) is 0. The molecule has 0 spiro atoms. The second-order valence-electron chi connectivity index (χ2n) is 2.04. The fraction of sp³-hybridized carbons (Fsp3) is 0. The van der Waals surface area contributed by atoms with Crippen molar-refractivity contribution in [3.05, 3.63) is 5.38 Å². The Morgan fingerprint density at radius 2 is 2.17 bits per heavy atom. The lowest BCUT2D eigenvalue weighted by Crippen LogP contribution is -2.13. The minimum absolute atomic E-state index is 0.151. The van der Waals surface area contributed by atoms with Crippen LogP contribution < -0.4 is 11.6 Å². The van der Waals surface area contributed by atoms with Crippen molar-refractivity contribution in [2.75, 3.05) is 11.6 Å². The fourth-order valence-corrected chi connectivity index (χ4v) is 1.17. The highest BCUT2D eigenvalue weighted by Crippen LogP contribution is 2.14. The lowest BCUT2D eigenvalue weighted by molar-refractivity contribution is 1.00. The van der Waals surface area contributed by atoms with Gasteiger partial charge in [0.15, 0.2) is 0 Å². The average Bonchev–Trinajstić information content (AvgIpc) is 2.64. The van der Waals surface area contributed by atoms with Gasteiger partial charge in [0, 0.05) is 5.38 Å². The standard InChI is InChI=1S/C4H5N7S/c5-4-9-8-3(11(4)6)2-1-12-10-7-2/h1H,6H2,(H2,5,9). The van der Waals surface area contributed by atoms with Gasteiger partial charge in [-0.05, 0) is 11.5 Å². The molecule has 4 N–H and O–H groups in total. The van der Waals surface area contributed by atoms with Crippen LogP contribution in [0.15, 0.2) is 5.38 Å². The molecule has 7 nitrogen and oxygen atoms in total. The number of rotatable bonds is 1. The lowest BCUT2D eigenvalue weighted by atomic mass is 10.5. The summed E-state index contributed by atoms with van der Waals surface area (Å²) in [5.74, 6) is 6.07. The van der Waals surface area contributed by atoms with Crippen LogP contribution in [0, 0.1) is 0 Å². The van der Waals surface area contributed by atoms with E-state index >= 15 is 0 Å². The van der Waals surface area contributed by atoms with Gasteiger partial charge in [-0.15, -0.1) is 15.3 Å². The van der Waals surface area contributed by atoms with Crippen LogP contribution in [0.3, 0.4) is 0 Å². The van der Waals surface area contributed by atoms with E-state index in [1.54, 1.807) is 5.38 Å². The van der Waals surface area contributed by atoms with Crippen LogP contribution in [-0.2, 0) is 0 Å². The van der Waals surface area contributed by atoms with E-state index < -0.39 is 0 Å². The summed E-state index contributed by atoms with van der Waals surface area (Å²) in [6.45, 7) is 0. The Bertz CT molecular complexity index is 376. The SMILES string of the molecule is Nc1nnc(-c2csnn2)n1N. The smallest absolute Gasteiger partial charge is 0.241 e. The third-order valence-electron chi connectivity index (χ3n) is 1.31. The van der Waals surface area contributed by atoms with Gasteiger partial charge in [-0.25, -0.2) is 4.68 Å². The molecule has 0 aromatic carbocycles. The van der Waals surface area contributed by atoms with Gasteiger partial charge in [-0.3, -0.25) is 0 Å². The average molecular weight is 183 g/mol.